The first-order chi connectivity index (χ1) is 10.6. The van der Waals surface area contributed by atoms with Gasteiger partial charge in [-0.25, -0.2) is 14.8 Å². The Bertz CT molecular complexity index is 718. The van der Waals surface area contributed by atoms with Crippen LogP contribution in [0.15, 0.2) is 53.4 Å². The first-order valence-corrected chi connectivity index (χ1v) is 7.43. The van der Waals surface area contributed by atoms with Crippen LogP contribution in [0.1, 0.15) is 6.42 Å². The standard InChI is InChI=1S/C15H13BrN4O2/c1-10-5-6-20(15(21)19-10)12-8-17-14(18-9-12)22-13-4-2-3-11(16)7-13/h2-4,7-9H,1,5-6H2,(H,19,21). The van der Waals surface area contributed by atoms with Crippen molar-refractivity contribution < 1.29 is 9.53 Å². The van der Waals surface area contributed by atoms with E-state index >= 15 is 0 Å². The summed E-state index contributed by atoms with van der Waals surface area (Å²) in [6.45, 7) is 4.30. The summed E-state index contributed by atoms with van der Waals surface area (Å²) in [5.74, 6) is 0.633. The number of ether oxygens (including phenoxy) is 1. The molecule has 2 aromatic rings. The second-order valence-electron chi connectivity index (χ2n) is 4.72. The van der Waals surface area contributed by atoms with E-state index in [4.69, 9.17) is 4.74 Å². The third kappa shape index (κ3) is 3.25. The minimum atomic E-state index is -0.222. The Morgan fingerprint density at radius 3 is 2.77 bits per heavy atom. The Labute approximate surface area is 136 Å². The van der Waals surface area contributed by atoms with E-state index in [9.17, 15) is 4.79 Å². The van der Waals surface area contributed by atoms with Crippen LogP contribution in [-0.4, -0.2) is 22.5 Å². The lowest BCUT2D eigenvalue weighted by Gasteiger charge is -2.28. The third-order valence-electron chi connectivity index (χ3n) is 3.10. The second-order valence-corrected chi connectivity index (χ2v) is 5.63. The molecule has 112 valence electrons. The molecule has 1 aliphatic heterocycles. The van der Waals surface area contributed by atoms with E-state index in [2.05, 4.69) is 37.8 Å². The minimum absolute atomic E-state index is 0.222. The van der Waals surface area contributed by atoms with E-state index in [0.717, 1.165) is 10.2 Å². The van der Waals surface area contributed by atoms with Crippen molar-refractivity contribution in [3.63, 3.8) is 0 Å². The molecule has 22 heavy (non-hydrogen) atoms. The van der Waals surface area contributed by atoms with Crippen LogP contribution < -0.4 is 15.0 Å². The molecular weight excluding hydrogens is 348 g/mol. The number of anilines is 1. The van der Waals surface area contributed by atoms with E-state index in [0.29, 0.717) is 24.4 Å². The van der Waals surface area contributed by atoms with Crippen molar-refractivity contribution in [2.45, 2.75) is 6.42 Å². The minimum Gasteiger partial charge on any atom is -0.424 e. The van der Waals surface area contributed by atoms with Gasteiger partial charge in [0, 0.05) is 23.1 Å². The average Bonchev–Trinajstić information content (AvgIpc) is 2.48. The normalized spacial score (nSPS) is 14.7. The van der Waals surface area contributed by atoms with Gasteiger partial charge >= 0.3 is 12.0 Å². The van der Waals surface area contributed by atoms with E-state index in [1.807, 2.05) is 24.3 Å². The van der Waals surface area contributed by atoms with Crippen molar-refractivity contribution >= 4 is 27.6 Å². The Hall–Kier alpha value is -2.41. The van der Waals surface area contributed by atoms with Gasteiger partial charge in [0.25, 0.3) is 0 Å². The third-order valence-corrected chi connectivity index (χ3v) is 3.59. The smallest absolute Gasteiger partial charge is 0.326 e. The highest BCUT2D eigenvalue weighted by molar-refractivity contribution is 9.10. The van der Waals surface area contributed by atoms with Gasteiger partial charge in [0.15, 0.2) is 0 Å². The molecule has 0 atom stereocenters. The molecule has 1 aliphatic rings. The van der Waals surface area contributed by atoms with E-state index in [1.54, 1.807) is 17.3 Å². The molecule has 0 bridgehead atoms. The molecule has 3 rings (SSSR count). The van der Waals surface area contributed by atoms with Crippen molar-refractivity contribution in [2.75, 3.05) is 11.4 Å². The second kappa shape index (κ2) is 6.15. The van der Waals surface area contributed by atoms with E-state index in [1.165, 1.54) is 0 Å². The zero-order valence-corrected chi connectivity index (χ0v) is 13.2. The van der Waals surface area contributed by atoms with Crippen molar-refractivity contribution in [3.8, 4) is 11.8 Å². The van der Waals surface area contributed by atoms with Crippen LogP contribution in [-0.2, 0) is 0 Å². The summed E-state index contributed by atoms with van der Waals surface area (Å²) >= 11 is 3.37. The SMILES string of the molecule is C=C1CCN(c2cnc(Oc3cccc(Br)c3)nc2)C(=O)N1. The van der Waals surface area contributed by atoms with Gasteiger partial charge in [-0.1, -0.05) is 28.6 Å². The highest BCUT2D eigenvalue weighted by atomic mass is 79.9. The van der Waals surface area contributed by atoms with Gasteiger partial charge in [-0.2, -0.15) is 0 Å². The van der Waals surface area contributed by atoms with Gasteiger partial charge in [-0.05, 0) is 18.2 Å². The molecule has 1 aromatic heterocycles. The fourth-order valence-corrected chi connectivity index (χ4v) is 2.39. The summed E-state index contributed by atoms with van der Waals surface area (Å²) in [5.41, 5.74) is 1.34. The maximum absolute atomic E-state index is 11.9. The number of hydrogen-bond acceptors (Lipinski definition) is 4. The summed E-state index contributed by atoms with van der Waals surface area (Å²) in [6.07, 6.45) is 3.82. The predicted octanol–water partition coefficient (Wildman–Crippen LogP) is 3.46. The molecule has 0 unspecified atom stereocenters. The number of carbonyl (C=O) groups excluding carboxylic acids is 1. The monoisotopic (exact) mass is 360 g/mol. The fourth-order valence-electron chi connectivity index (χ4n) is 2.01. The first-order valence-electron chi connectivity index (χ1n) is 6.63. The molecule has 1 N–H and O–H groups in total. The first kappa shape index (κ1) is 14.5. The van der Waals surface area contributed by atoms with Gasteiger partial charge in [0.1, 0.15) is 5.75 Å². The Morgan fingerprint density at radius 2 is 2.09 bits per heavy atom. The van der Waals surface area contributed by atoms with Crippen LogP contribution in [0, 0.1) is 0 Å². The molecular formula is C15H13BrN4O2. The highest BCUT2D eigenvalue weighted by Crippen LogP contribution is 2.23. The van der Waals surface area contributed by atoms with Crippen LogP contribution in [0.2, 0.25) is 0 Å². The zero-order valence-electron chi connectivity index (χ0n) is 11.6. The number of urea groups is 1. The van der Waals surface area contributed by atoms with Crippen LogP contribution in [0.4, 0.5) is 10.5 Å². The van der Waals surface area contributed by atoms with Gasteiger partial charge in [0.2, 0.25) is 0 Å². The summed E-state index contributed by atoms with van der Waals surface area (Å²) in [5, 5.41) is 2.69. The van der Waals surface area contributed by atoms with Crippen molar-refractivity contribution in [1.82, 2.24) is 15.3 Å². The molecule has 1 saturated heterocycles. The summed E-state index contributed by atoms with van der Waals surface area (Å²) in [6, 6.07) is 7.40. The zero-order chi connectivity index (χ0) is 15.5. The number of carbonyl (C=O) groups is 1. The highest BCUT2D eigenvalue weighted by Gasteiger charge is 2.21. The summed E-state index contributed by atoms with van der Waals surface area (Å²) < 4.78 is 6.47. The maximum atomic E-state index is 11.9. The van der Waals surface area contributed by atoms with E-state index in [-0.39, 0.29) is 12.0 Å². The number of aromatic nitrogens is 2. The topological polar surface area (TPSA) is 67.3 Å². The number of hydrogen-bond donors (Lipinski definition) is 1. The molecule has 6 nitrogen and oxygen atoms in total. The fraction of sp³-hybridized carbons (Fsp3) is 0.133. The quantitative estimate of drug-likeness (QED) is 0.909. The lowest BCUT2D eigenvalue weighted by molar-refractivity contribution is 0.246. The van der Waals surface area contributed by atoms with Gasteiger partial charge in [-0.15, -0.1) is 0 Å². The average molecular weight is 361 g/mol. The molecule has 1 fully saturated rings. The van der Waals surface area contributed by atoms with Gasteiger partial charge < -0.3 is 10.1 Å². The van der Waals surface area contributed by atoms with Crippen molar-refractivity contribution in [1.29, 1.82) is 0 Å². The molecule has 2 amide bonds. The van der Waals surface area contributed by atoms with Crippen LogP contribution in [0.5, 0.6) is 11.8 Å². The van der Waals surface area contributed by atoms with Gasteiger partial charge in [-0.3, -0.25) is 4.90 Å². The number of amides is 2. The molecule has 7 heteroatoms. The summed E-state index contributed by atoms with van der Waals surface area (Å²) in [4.78, 5) is 21.7. The van der Waals surface area contributed by atoms with Crippen LogP contribution >= 0.6 is 15.9 Å². The van der Waals surface area contributed by atoms with Crippen molar-refractivity contribution in [3.05, 3.63) is 53.4 Å². The number of benzene rings is 1. The molecule has 0 radical (unpaired) electrons. The lowest BCUT2D eigenvalue weighted by atomic mass is 10.2. The number of nitrogens with one attached hydrogen (secondary N) is 1. The lowest BCUT2D eigenvalue weighted by Crippen LogP contribution is -2.45. The number of nitrogens with zero attached hydrogens (tertiary/aromatic N) is 3. The largest absolute Gasteiger partial charge is 0.424 e. The molecule has 1 aromatic carbocycles. The summed E-state index contributed by atoms with van der Waals surface area (Å²) in [7, 11) is 0. The van der Waals surface area contributed by atoms with Crippen molar-refractivity contribution in [2.24, 2.45) is 0 Å². The number of halogens is 1. The molecule has 0 aliphatic carbocycles. The Kier molecular flexibility index (Phi) is 4.06. The van der Waals surface area contributed by atoms with Crippen LogP contribution in [0.25, 0.3) is 0 Å². The van der Waals surface area contributed by atoms with Gasteiger partial charge in [0.05, 0.1) is 18.1 Å². The number of rotatable bonds is 3. The Morgan fingerprint density at radius 1 is 1.32 bits per heavy atom. The van der Waals surface area contributed by atoms with E-state index < -0.39 is 0 Å². The molecule has 0 saturated carbocycles. The molecule has 2 heterocycles. The van der Waals surface area contributed by atoms with Crippen LogP contribution in [0.3, 0.4) is 0 Å². The Balaban J connectivity index is 1.73. The maximum Gasteiger partial charge on any atom is 0.326 e. The molecule has 0 spiro atoms. The predicted molar refractivity (Wildman–Crippen MR) is 85.9 cm³/mol.